The number of halogens is 1. The van der Waals surface area contributed by atoms with Gasteiger partial charge in [-0.3, -0.25) is 4.79 Å². The van der Waals surface area contributed by atoms with Crippen LogP contribution < -0.4 is 0 Å². The van der Waals surface area contributed by atoms with Crippen LogP contribution in [0.4, 0.5) is 0 Å². The smallest absolute Gasteiger partial charge is 0.134 e. The van der Waals surface area contributed by atoms with E-state index in [9.17, 15) is 4.79 Å². The molecule has 0 aliphatic rings. The number of Topliss-reactive ketones (excluding diaryl/α,β-unsaturated/α-hetero) is 1. The van der Waals surface area contributed by atoms with E-state index in [1.165, 1.54) is 4.90 Å². The molecule has 0 fully saturated rings. The van der Waals surface area contributed by atoms with E-state index in [1.54, 1.807) is 18.7 Å². The number of alkyl halides is 1. The van der Waals surface area contributed by atoms with Crippen molar-refractivity contribution in [3.8, 4) is 0 Å². The van der Waals surface area contributed by atoms with Crippen LogP contribution in [0, 0.1) is 0 Å². The summed E-state index contributed by atoms with van der Waals surface area (Å²) in [5, 5.41) is 0. The van der Waals surface area contributed by atoms with Gasteiger partial charge in [0.2, 0.25) is 0 Å². The zero-order valence-corrected chi connectivity index (χ0v) is 9.91. The Kier molecular flexibility index (Phi) is 4.49. The number of hydrogen-bond acceptors (Lipinski definition) is 2. The van der Waals surface area contributed by atoms with E-state index in [1.807, 2.05) is 24.5 Å². The molecule has 0 amide bonds. The van der Waals surface area contributed by atoms with Crippen molar-refractivity contribution in [3.63, 3.8) is 0 Å². The summed E-state index contributed by atoms with van der Waals surface area (Å²) < 4.78 is 0. The third-order valence-electron chi connectivity index (χ3n) is 2.00. The van der Waals surface area contributed by atoms with Crippen molar-refractivity contribution in [2.24, 2.45) is 0 Å². The summed E-state index contributed by atoms with van der Waals surface area (Å²) in [5.41, 5.74) is 2.11. The molecule has 0 aliphatic carbocycles. The molecule has 0 saturated heterocycles. The predicted molar refractivity (Wildman–Crippen MR) is 62.2 cm³/mol. The lowest BCUT2D eigenvalue weighted by Gasteiger charge is -2.07. The molecule has 76 valence electrons. The van der Waals surface area contributed by atoms with Crippen LogP contribution in [0.15, 0.2) is 23.1 Å². The van der Waals surface area contributed by atoms with E-state index in [0.29, 0.717) is 12.3 Å². The Balaban J connectivity index is 3.01. The largest absolute Gasteiger partial charge is 0.300 e. The minimum atomic E-state index is 0.176. The van der Waals surface area contributed by atoms with Crippen LogP contribution in [0.5, 0.6) is 0 Å². The zero-order chi connectivity index (χ0) is 10.6. The summed E-state index contributed by atoms with van der Waals surface area (Å²) in [7, 11) is 0. The molecule has 0 aromatic heterocycles. The normalized spacial score (nSPS) is 10.2. The van der Waals surface area contributed by atoms with Gasteiger partial charge < -0.3 is 0 Å². The molecule has 14 heavy (non-hydrogen) atoms. The van der Waals surface area contributed by atoms with Crippen molar-refractivity contribution in [2.45, 2.75) is 24.1 Å². The van der Waals surface area contributed by atoms with Crippen LogP contribution in [0.3, 0.4) is 0 Å². The maximum Gasteiger partial charge on any atom is 0.134 e. The topological polar surface area (TPSA) is 17.1 Å². The highest BCUT2D eigenvalue weighted by Gasteiger charge is 2.05. The van der Waals surface area contributed by atoms with Crippen molar-refractivity contribution in [2.75, 3.05) is 6.26 Å². The summed E-state index contributed by atoms with van der Waals surface area (Å²) in [6, 6.07) is 6.08. The van der Waals surface area contributed by atoms with Crippen LogP contribution in [0.1, 0.15) is 18.1 Å². The molecule has 1 aromatic carbocycles. The molecule has 0 saturated carbocycles. The van der Waals surface area contributed by atoms with Gasteiger partial charge >= 0.3 is 0 Å². The Morgan fingerprint density at radius 1 is 1.43 bits per heavy atom. The molecule has 0 aliphatic heterocycles. The van der Waals surface area contributed by atoms with E-state index >= 15 is 0 Å². The van der Waals surface area contributed by atoms with Gasteiger partial charge in [-0.25, -0.2) is 0 Å². The average Bonchev–Trinajstić information content (AvgIpc) is 2.16. The third-order valence-corrected chi connectivity index (χ3v) is 3.01. The second-order valence-electron chi connectivity index (χ2n) is 3.15. The first-order valence-corrected chi connectivity index (χ1v) is 6.14. The monoisotopic (exact) mass is 228 g/mol. The quantitative estimate of drug-likeness (QED) is 0.581. The van der Waals surface area contributed by atoms with Crippen LogP contribution in [0.2, 0.25) is 0 Å². The second-order valence-corrected chi connectivity index (χ2v) is 4.29. The molecule has 0 N–H and O–H groups in total. The molecule has 3 heteroatoms. The first-order chi connectivity index (χ1) is 6.67. The van der Waals surface area contributed by atoms with Gasteiger partial charge in [0.1, 0.15) is 5.78 Å². The minimum Gasteiger partial charge on any atom is -0.300 e. The minimum absolute atomic E-state index is 0.176. The van der Waals surface area contributed by atoms with E-state index in [0.717, 1.165) is 11.1 Å². The first-order valence-electron chi connectivity index (χ1n) is 4.38. The number of rotatable bonds is 4. The lowest BCUT2D eigenvalue weighted by molar-refractivity contribution is -0.116. The lowest BCUT2D eigenvalue weighted by Crippen LogP contribution is -2.00. The molecule has 0 unspecified atom stereocenters. The van der Waals surface area contributed by atoms with Crippen molar-refractivity contribution in [3.05, 3.63) is 29.3 Å². The number of hydrogen-bond donors (Lipinski definition) is 0. The molecule has 1 rings (SSSR count). The number of carbonyl (C=O) groups excluding carboxylic acids is 1. The summed E-state index contributed by atoms with van der Waals surface area (Å²) in [5.74, 6) is 0.645. The standard InChI is InChI=1S/C11H13ClOS/c1-8(13)5-10-6-11(14-2)4-3-9(10)7-12/h3-4,6H,5,7H2,1-2H3. The van der Waals surface area contributed by atoms with Crippen LogP contribution in [-0.4, -0.2) is 12.0 Å². The predicted octanol–water partition coefficient (Wildman–Crippen LogP) is 3.28. The van der Waals surface area contributed by atoms with Crippen molar-refractivity contribution in [1.82, 2.24) is 0 Å². The molecule has 0 bridgehead atoms. The molecular weight excluding hydrogens is 216 g/mol. The molecule has 0 heterocycles. The van der Waals surface area contributed by atoms with E-state index in [2.05, 4.69) is 0 Å². The number of thioether (sulfide) groups is 1. The fourth-order valence-electron chi connectivity index (χ4n) is 1.29. The molecule has 0 radical (unpaired) electrons. The lowest BCUT2D eigenvalue weighted by atomic mass is 10.0. The number of carbonyl (C=O) groups is 1. The molecule has 1 nitrogen and oxygen atoms in total. The average molecular weight is 229 g/mol. The molecular formula is C11H13ClOS. The van der Waals surface area contributed by atoms with E-state index in [-0.39, 0.29) is 5.78 Å². The fourth-order valence-corrected chi connectivity index (χ4v) is 2.02. The molecule has 0 atom stereocenters. The van der Waals surface area contributed by atoms with Gasteiger partial charge in [-0.05, 0) is 36.4 Å². The Labute approximate surface area is 93.8 Å². The van der Waals surface area contributed by atoms with Gasteiger partial charge in [-0.2, -0.15) is 0 Å². The van der Waals surface area contributed by atoms with Gasteiger partial charge in [0.25, 0.3) is 0 Å². The highest BCUT2D eigenvalue weighted by Crippen LogP contribution is 2.21. The Hall–Kier alpha value is -0.470. The third kappa shape index (κ3) is 3.03. The van der Waals surface area contributed by atoms with Gasteiger partial charge in [-0.1, -0.05) is 6.07 Å². The molecule has 0 spiro atoms. The summed E-state index contributed by atoms with van der Waals surface area (Å²) in [6.45, 7) is 1.60. The van der Waals surface area contributed by atoms with Crippen molar-refractivity contribution in [1.29, 1.82) is 0 Å². The highest BCUT2D eigenvalue weighted by molar-refractivity contribution is 7.98. The number of benzene rings is 1. The van der Waals surface area contributed by atoms with Gasteiger partial charge in [-0.15, -0.1) is 23.4 Å². The Morgan fingerprint density at radius 3 is 2.64 bits per heavy atom. The van der Waals surface area contributed by atoms with Gasteiger partial charge in [0.05, 0.1) is 0 Å². The van der Waals surface area contributed by atoms with Crippen LogP contribution in [0.25, 0.3) is 0 Å². The van der Waals surface area contributed by atoms with Crippen LogP contribution in [-0.2, 0) is 17.1 Å². The first kappa shape index (κ1) is 11.6. The molecule has 1 aromatic rings. The summed E-state index contributed by atoms with van der Waals surface area (Å²) >= 11 is 7.47. The van der Waals surface area contributed by atoms with E-state index in [4.69, 9.17) is 11.6 Å². The Bertz CT molecular complexity index is 336. The van der Waals surface area contributed by atoms with Crippen LogP contribution >= 0.6 is 23.4 Å². The number of ketones is 1. The highest BCUT2D eigenvalue weighted by atomic mass is 35.5. The Morgan fingerprint density at radius 2 is 2.14 bits per heavy atom. The fraction of sp³-hybridized carbons (Fsp3) is 0.364. The van der Waals surface area contributed by atoms with Crippen molar-refractivity contribution < 1.29 is 4.79 Å². The summed E-state index contributed by atoms with van der Waals surface area (Å²) in [6.07, 6.45) is 2.50. The van der Waals surface area contributed by atoms with Crippen molar-refractivity contribution >= 4 is 29.1 Å². The van der Waals surface area contributed by atoms with Gasteiger partial charge in [0, 0.05) is 17.2 Å². The van der Waals surface area contributed by atoms with Gasteiger partial charge in [0.15, 0.2) is 0 Å². The maximum absolute atomic E-state index is 11.0. The second kappa shape index (κ2) is 5.42. The summed E-state index contributed by atoms with van der Waals surface area (Å²) in [4.78, 5) is 12.2. The maximum atomic E-state index is 11.0. The zero-order valence-electron chi connectivity index (χ0n) is 8.34. The SMILES string of the molecule is CSc1ccc(CCl)c(CC(C)=O)c1. The van der Waals surface area contributed by atoms with E-state index < -0.39 is 0 Å².